The zero-order valence-electron chi connectivity index (χ0n) is 9.54. The summed E-state index contributed by atoms with van der Waals surface area (Å²) >= 11 is 0. The summed E-state index contributed by atoms with van der Waals surface area (Å²) in [5, 5.41) is 12.7. The number of benzene rings is 1. The van der Waals surface area contributed by atoms with Crippen molar-refractivity contribution in [2.75, 3.05) is 5.32 Å². The number of rotatable bonds is 3. The van der Waals surface area contributed by atoms with Gasteiger partial charge in [0, 0.05) is 18.7 Å². The molecule has 0 unspecified atom stereocenters. The standard InChI is InChI=1S/C8H8N2O6S.Na/c1-5(11)9-6-2-3-7(10(12)13)8(4-6)17(14,15)16;/h2-4H,1H3,(H,9,11)(H,14,15,16);/q;+1/p-1. The predicted molar refractivity (Wildman–Crippen MR) is 55.4 cm³/mol. The third-order valence-corrected chi connectivity index (χ3v) is 2.61. The van der Waals surface area contributed by atoms with E-state index in [0.717, 1.165) is 18.2 Å². The summed E-state index contributed by atoms with van der Waals surface area (Å²) in [6.07, 6.45) is 0. The Kier molecular flexibility index (Phi) is 5.90. The van der Waals surface area contributed by atoms with Gasteiger partial charge in [0.1, 0.15) is 15.0 Å². The van der Waals surface area contributed by atoms with Gasteiger partial charge in [-0.05, 0) is 12.1 Å². The van der Waals surface area contributed by atoms with Crippen LogP contribution in [0.15, 0.2) is 23.1 Å². The van der Waals surface area contributed by atoms with Crippen LogP contribution in [0.3, 0.4) is 0 Å². The van der Waals surface area contributed by atoms with Crippen LogP contribution in [0.5, 0.6) is 0 Å². The Balaban J connectivity index is 0.00000289. The van der Waals surface area contributed by atoms with Gasteiger partial charge in [-0.15, -0.1) is 0 Å². The fourth-order valence-corrected chi connectivity index (χ4v) is 1.82. The van der Waals surface area contributed by atoms with Crippen molar-refractivity contribution in [1.82, 2.24) is 0 Å². The van der Waals surface area contributed by atoms with Crippen LogP contribution in [-0.4, -0.2) is 23.8 Å². The molecule has 0 aliphatic carbocycles. The van der Waals surface area contributed by atoms with Crippen molar-refractivity contribution in [3.8, 4) is 0 Å². The first kappa shape index (κ1) is 17.0. The molecule has 0 heterocycles. The zero-order chi connectivity index (χ0) is 13.2. The summed E-state index contributed by atoms with van der Waals surface area (Å²) in [7, 11) is -4.98. The number of hydrogen-bond acceptors (Lipinski definition) is 6. The molecule has 1 rings (SSSR count). The van der Waals surface area contributed by atoms with Gasteiger partial charge in [0.2, 0.25) is 5.91 Å². The quantitative estimate of drug-likeness (QED) is 0.281. The molecule has 0 radical (unpaired) electrons. The molecular weight excluding hydrogens is 275 g/mol. The van der Waals surface area contributed by atoms with Gasteiger partial charge in [-0.25, -0.2) is 8.42 Å². The summed E-state index contributed by atoms with van der Waals surface area (Å²) in [5.41, 5.74) is -0.827. The van der Waals surface area contributed by atoms with Crippen molar-refractivity contribution >= 4 is 27.4 Å². The fraction of sp³-hybridized carbons (Fsp3) is 0.125. The summed E-state index contributed by atoms with van der Waals surface area (Å²) in [5.74, 6) is -0.492. The third kappa shape index (κ3) is 4.35. The van der Waals surface area contributed by atoms with Gasteiger partial charge >= 0.3 is 29.6 Å². The van der Waals surface area contributed by atoms with E-state index in [9.17, 15) is 27.9 Å². The second-order valence-corrected chi connectivity index (χ2v) is 4.42. The van der Waals surface area contributed by atoms with Crippen LogP contribution in [0.1, 0.15) is 6.92 Å². The number of nitro groups is 1. The summed E-state index contributed by atoms with van der Waals surface area (Å²) in [6.45, 7) is 1.17. The maximum absolute atomic E-state index is 10.8. The van der Waals surface area contributed by atoms with E-state index >= 15 is 0 Å². The summed E-state index contributed by atoms with van der Waals surface area (Å²) in [4.78, 5) is 19.3. The number of nitrogens with zero attached hydrogens (tertiary/aromatic N) is 1. The molecule has 0 spiro atoms. The Morgan fingerprint density at radius 2 is 1.94 bits per heavy atom. The van der Waals surface area contributed by atoms with Crippen LogP contribution in [0, 0.1) is 10.1 Å². The molecule has 1 aromatic rings. The van der Waals surface area contributed by atoms with E-state index in [1.165, 1.54) is 6.92 Å². The monoisotopic (exact) mass is 282 g/mol. The van der Waals surface area contributed by atoms with E-state index in [1.807, 2.05) is 0 Å². The average Bonchev–Trinajstić information content (AvgIpc) is 2.14. The second kappa shape index (κ2) is 6.25. The maximum Gasteiger partial charge on any atom is 1.00 e. The Morgan fingerprint density at radius 1 is 1.39 bits per heavy atom. The Bertz CT molecular complexity index is 585. The molecule has 0 fully saturated rings. The minimum absolute atomic E-state index is 0. The topological polar surface area (TPSA) is 129 Å². The van der Waals surface area contributed by atoms with Crippen LogP contribution >= 0.6 is 0 Å². The van der Waals surface area contributed by atoms with Gasteiger partial charge in [-0.3, -0.25) is 14.9 Å². The third-order valence-electron chi connectivity index (χ3n) is 1.75. The van der Waals surface area contributed by atoms with Gasteiger partial charge < -0.3 is 9.87 Å². The zero-order valence-corrected chi connectivity index (χ0v) is 12.4. The number of carbonyl (C=O) groups excluding carboxylic acids is 1. The first-order valence-electron chi connectivity index (χ1n) is 4.24. The van der Waals surface area contributed by atoms with Crippen LogP contribution in [0.25, 0.3) is 0 Å². The molecule has 8 nitrogen and oxygen atoms in total. The fourth-order valence-electron chi connectivity index (χ4n) is 1.15. The van der Waals surface area contributed by atoms with Crippen LogP contribution in [0.2, 0.25) is 0 Å². The average molecular weight is 282 g/mol. The first-order valence-corrected chi connectivity index (χ1v) is 5.64. The molecule has 0 aromatic heterocycles. The van der Waals surface area contributed by atoms with E-state index in [2.05, 4.69) is 5.32 Å². The van der Waals surface area contributed by atoms with E-state index in [4.69, 9.17) is 0 Å². The summed E-state index contributed by atoms with van der Waals surface area (Å²) < 4.78 is 32.5. The number of amides is 1. The van der Waals surface area contributed by atoms with Crippen LogP contribution < -0.4 is 34.9 Å². The van der Waals surface area contributed by atoms with Gasteiger partial charge in [0.15, 0.2) is 0 Å². The van der Waals surface area contributed by atoms with E-state index in [-0.39, 0.29) is 35.2 Å². The molecule has 1 N–H and O–H groups in total. The van der Waals surface area contributed by atoms with Crippen molar-refractivity contribution in [2.24, 2.45) is 0 Å². The van der Waals surface area contributed by atoms with Crippen molar-refractivity contribution in [1.29, 1.82) is 0 Å². The van der Waals surface area contributed by atoms with Crippen molar-refractivity contribution in [3.63, 3.8) is 0 Å². The van der Waals surface area contributed by atoms with Gasteiger partial charge in [0.05, 0.1) is 4.92 Å². The first-order chi connectivity index (χ1) is 7.71. The van der Waals surface area contributed by atoms with Crippen molar-refractivity contribution in [3.05, 3.63) is 28.3 Å². The van der Waals surface area contributed by atoms with Gasteiger partial charge in [-0.2, -0.15) is 0 Å². The molecule has 0 saturated carbocycles. The van der Waals surface area contributed by atoms with Crippen molar-refractivity contribution < 1.29 is 52.2 Å². The molecule has 92 valence electrons. The number of anilines is 1. The Hall–Kier alpha value is -1.000. The molecular formula is C8H7N2NaO6S. The van der Waals surface area contributed by atoms with E-state index < -0.39 is 31.5 Å². The number of carbonyl (C=O) groups is 1. The number of hydrogen-bond donors (Lipinski definition) is 1. The molecule has 0 aliphatic heterocycles. The molecule has 0 bridgehead atoms. The van der Waals surface area contributed by atoms with Crippen LogP contribution in [-0.2, 0) is 14.9 Å². The molecule has 0 aliphatic rings. The van der Waals surface area contributed by atoms with Gasteiger partial charge in [0.25, 0.3) is 5.69 Å². The molecule has 1 amide bonds. The van der Waals surface area contributed by atoms with E-state index in [0.29, 0.717) is 0 Å². The predicted octanol–water partition coefficient (Wildman–Crippen LogP) is -2.54. The molecule has 0 saturated heterocycles. The van der Waals surface area contributed by atoms with Gasteiger partial charge in [-0.1, -0.05) is 0 Å². The smallest absolute Gasteiger partial charge is 0.744 e. The number of nitrogens with one attached hydrogen (secondary N) is 1. The minimum atomic E-state index is -4.98. The van der Waals surface area contributed by atoms with Crippen molar-refractivity contribution in [2.45, 2.75) is 11.8 Å². The second-order valence-electron chi connectivity index (χ2n) is 3.07. The molecule has 10 heteroatoms. The minimum Gasteiger partial charge on any atom is -0.744 e. The maximum atomic E-state index is 10.8. The van der Waals surface area contributed by atoms with Crippen LogP contribution in [0.4, 0.5) is 11.4 Å². The Labute approximate surface area is 125 Å². The van der Waals surface area contributed by atoms with E-state index in [1.54, 1.807) is 0 Å². The molecule has 1 aromatic carbocycles. The molecule has 18 heavy (non-hydrogen) atoms. The SMILES string of the molecule is CC(=O)Nc1ccc([N+](=O)[O-])c(S(=O)(=O)[O-])c1.[Na+]. The number of nitro benzene ring substituents is 1. The largest absolute Gasteiger partial charge is 1.00 e. The Morgan fingerprint density at radius 3 is 2.33 bits per heavy atom. The normalized spacial score (nSPS) is 10.3. The molecule has 0 atom stereocenters. The summed E-state index contributed by atoms with van der Waals surface area (Å²) in [6, 6.07) is 2.73.